The van der Waals surface area contributed by atoms with Gasteiger partial charge in [-0.3, -0.25) is 4.79 Å². The van der Waals surface area contributed by atoms with Gasteiger partial charge < -0.3 is 9.88 Å². The van der Waals surface area contributed by atoms with Crippen LogP contribution in [0.25, 0.3) is 10.9 Å². The van der Waals surface area contributed by atoms with Gasteiger partial charge in [-0.15, -0.1) is 0 Å². The summed E-state index contributed by atoms with van der Waals surface area (Å²) in [7, 11) is 0. The van der Waals surface area contributed by atoms with Crippen LogP contribution in [0.2, 0.25) is 0 Å². The number of carbonyl (C=O) groups is 1. The van der Waals surface area contributed by atoms with Crippen LogP contribution in [0.1, 0.15) is 43.4 Å². The fraction of sp³-hybridized carbons (Fsp3) is 0.500. The van der Waals surface area contributed by atoms with Crippen molar-refractivity contribution in [1.82, 2.24) is 9.88 Å². The standard InChI is InChI=1S/C18H21FN2O/c19-13-6-7-16-15(10-13)14-8-9-21(11-17(14)20-16)18(22)12-4-2-1-3-5-12/h6-7,10,12,20H,1-5,8-9,11H2. The Morgan fingerprint density at radius 1 is 1.23 bits per heavy atom. The molecule has 0 saturated heterocycles. The zero-order chi connectivity index (χ0) is 15.1. The van der Waals surface area contributed by atoms with Gasteiger partial charge in [0, 0.05) is 29.1 Å². The van der Waals surface area contributed by atoms with Crippen LogP contribution in [0, 0.1) is 11.7 Å². The van der Waals surface area contributed by atoms with Gasteiger partial charge >= 0.3 is 0 Å². The first-order valence-electron chi connectivity index (χ1n) is 8.30. The number of aromatic nitrogens is 1. The van der Waals surface area contributed by atoms with Gasteiger partial charge in [0.15, 0.2) is 0 Å². The zero-order valence-electron chi connectivity index (χ0n) is 12.7. The second kappa shape index (κ2) is 5.41. The molecule has 116 valence electrons. The van der Waals surface area contributed by atoms with Gasteiger partial charge in [-0.05, 0) is 43.0 Å². The third-order valence-electron chi connectivity index (χ3n) is 5.20. The molecule has 1 aliphatic carbocycles. The van der Waals surface area contributed by atoms with Crippen molar-refractivity contribution in [3.05, 3.63) is 35.3 Å². The molecule has 0 bridgehead atoms. The van der Waals surface area contributed by atoms with Gasteiger partial charge in [-0.1, -0.05) is 19.3 Å². The number of H-pyrrole nitrogens is 1. The van der Waals surface area contributed by atoms with Gasteiger partial charge in [0.05, 0.1) is 6.54 Å². The minimum atomic E-state index is -0.199. The Labute approximate surface area is 129 Å². The number of fused-ring (bicyclic) bond motifs is 3. The minimum Gasteiger partial charge on any atom is -0.357 e. The topological polar surface area (TPSA) is 36.1 Å². The minimum absolute atomic E-state index is 0.199. The lowest BCUT2D eigenvalue weighted by Gasteiger charge is -2.32. The molecule has 0 spiro atoms. The number of hydrogen-bond acceptors (Lipinski definition) is 1. The maximum Gasteiger partial charge on any atom is 0.226 e. The fourth-order valence-electron chi connectivity index (χ4n) is 4.01. The van der Waals surface area contributed by atoms with Gasteiger partial charge in [0.25, 0.3) is 0 Å². The summed E-state index contributed by atoms with van der Waals surface area (Å²) in [5, 5.41) is 0.972. The number of nitrogens with zero attached hydrogens (tertiary/aromatic N) is 1. The van der Waals surface area contributed by atoms with Crippen molar-refractivity contribution in [2.45, 2.75) is 45.1 Å². The molecule has 0 atom stereocenters. The molecule has 1 aliphatic heterocycles. The first-order chi connectivity index (χ1) is 10.7. The zero-order valence-corrected chi connectivity index (χ0v) is 12.7. The molecule has 1 aromatic heterocycles. The molecule has 2 aliphatic rings. The summed E-state index contributed by atoms with van der Waals surface area (Å²) in [4.78, 5) is 18.0. The summed E-state index contributed by atoms with van der Waals surface area (Å²) < 4.78 is 13.5. The van der Waals surface area contributed by atoms with Crippen molar-refractivity contribution >= 4 is 16.8 Å². The maximum absolute atomic E-state index is 13.5. The van der Waals surface area contributed by atoms with E-state index in [-0.39, 0.29) is 11.7 Å². The van der Waals surface area contributed by atoms with Crippen molar-refractivity contribution in [3.63, 3.8) is 0 Å². The lowest BCUT2D eigenvalue weighted by molar-refractivity contribution is -0.137. The number of benzene rings is 1. The van der Waals surface area contributed by atoms with Gasteiger partial charge in [-0.25, -0.2) is 4.39 Å². The monoisotopic (exact) mass is 300 g/mol. The molecule has 1 fully saturated rings. The average molecular weight is 300 g/mol. The Bertz CT molecular complexity index is 715. The number of hydrogen-bond donors (Lipinski definition) is 1. The van der Waals surface area contributed by atoms with E-state index in [0.29, 0.717) is 12.5 Å². The van der Waals surface area contributed by atoms with Crippen LogP contribution in [0.3, 0.4) is 0 Å². The van der Waals surface area contributed by atoms with Crippen LogP contribution in [0.4, 0.5) is 4.39 Å². The van der Waals surface area contributed by atoms with Crippen molar-refractivity contribution < 1.29 is 9.18 Å². The van der Waals surface area contributed by atoms with Crippen LogP contribution >= 0.6 is 0 Å². The smallest absolute Gasteiger partial charge is 0.226 e. The number of carbonyl (C=O) groups excluding carboxylic acids is 1. The lowest BCUT2D eigenvalue weighted by Crippen LogP contribution is -2.40. The van der Waals surface area contributed by atoms with E-state index in [0.717, 1.165) is 42.4 Å². The average Bonchev–Trinajstić information content (AvgIpc) is 2.92. The molecule has 0 radical (unpaired) electrons. The molecule has 1 aromatic carbocycles. The maximum atomic E-state index is 13.5. The Morgan fingerprint density at radius 2 is 2.05 bits per heavy atom. The van der Waals surface area contributed by atoms with Gasteiger partial charge in [0.2, 0.25) is 5.91 Å². The molecule has 1 amide bonds. The molecule has 1 N–H and O–H groups in total. The van der Waals surface area contributed by atoms with Crippen LogP contribution in [-0.4, -0.2) is 22.3 Å². The normalized spacial score (nSPS) is 19.4. The van der Waals surface area contributed by atoms with Crippen molar-refractivity contribution in [1.29, 1.82) is 0 Å². The van der Waals surface area contributed by atoms with Crippen molar-refractivity contribution in [2.24, 2.45) is 5.92 Å². The highest BCUT2D eigenvalue weighted by Crippen LogP contribution is 2.31. The summed E-state index contributed by atoms with van der Waals surface area (Å²) in [5.74, 6) is 0.335. The quantitative estimate of drug-likeness (QED) is 0.855. The number of rotatable bonds is 1. The Kier molecular flexibility index (Phi) is 3.40. The van der Waals surface area contributed by atoms with E-state index in [4.69, 9.17) is 0 Å². The first-order valence-corrected chi connectivity index (χ1v) is 8.30. The molecule has 22 heavy (non-hydrogen) atoms. The summed E-state index contributed by atoms with van der Waals surface area (Å²) >= 11 is 0. The summed E-state index contributed by atoms with van der Waals surface area (Å²) in [6.45, 7) is 1.40. The number of halogens is 1. The largest absolute Gasteiger partial charge is 0.357 e. The molecular weight excluding hydrogens is 279 g/mol. The van der Waals surface area contributed by atoms with E-state index in [1.54, 1.807) is 12.1 Å². The lowest BCUT2D eigenvalue weighted by atomic mass is 9.88. The number of amides is 1. The van der Waals surface area contributed by atoms with Crippen molar-refractivity contribution in [2.75, 3.05) is 6.54 Å². The molecule has 1 saturated carbocycles. The van der Waals surface area contributed by atoms with Crippen LogP contribution < -0.4 is 0 Å². The van der Waals surface area contributed by atoms with E-state index < -0.39 is 0 Å². The Hall–Kier alpha value is -1.84. The Morgan fingerprint density at radius 3 is 2.86 bits per heavy atom. The summed E-state index contributed by atoms with van der Waals surface area (Å²) in [6.07, 6.45) is 6.53. The predicted octanol–water partition coefficient (Wildman–Crippen LogP) is 3.77. The molecule has 4 heteroatoms. The van der Waals surface area contributed by atoms with Gasteiger partial charge in [-0.2, -0.15) is 0 Å². The highest BCUT2D eigenvalue weighted by atomic mass is 19.1. The SMILES string of the molecule is O=C(C1CCCCC1)N1CCc2c([nH]c3ccc(F)cc23)C1. The predicted molar refractivity (Wildman–Crippen MR) is 84.0 cm³/mol. The number of nitrogens with one attached hydrogen (secondary N) is 1. The third kappa shape index (κ3) is 2.31. The molecule has 3 nitrogen and oxygen atoms in total. The van der Waals surface area contributed by atoms with Crippen LogP contribution in [0.15, 0.2) is 18.2 Å². The molecule has 2 heterocycles. The second-order valence-electron chi connectivity index (χ2n) is 6.62. The van der Waals surface area contributed by atoms with E-state index in [1.165, 1.54) is 30.9 Å². The van der Waals surface area contributed by atoms with Crippen LogP contribution in [-0.2, 0) is 17.8 Å². The summed E-state index contributed by atoms with van der Waals surface area (Å²) in [6, 6.07) is 4.87. The van der Waals surface area contributed by atoms with Crippen molar-refractivity contribution in [3.8, 4) is 0 Å². The molecule has 2 aromatic rings. The molecular formula is C18H21FN2O. The van der Waals surface area contributed by atoms with E-state index in [1.807, 2.05) is 4.90 Å². The number of aromatic amines is 1. The highest BCUT2D eigenvalue weighted by molar-refractivity contribution is 5.86. The fourth-order valence-corrected chi connectivity index (χ4v) is 4.01. The summed E-state index contributed by atoms with van der Waals surface area (Å²) in [5.41, 5.74) is 3.23. The second-order valence-corrected chi connectivity index (χ2v) is 6.62. The van der Waals surface area contributed by atoms with E-state index in [9.17, 15) is 9.18 Å². The van der Waals surface area contributed by atoms with E-state index >= 15 is 0 Å². The highest BCUT2D eigenvalue weighted by Gasteiger charge is 2.29. The molecule has 4 rings (SSSR count). The third-order valence-corrected chi connectivity index (χ3v) is 5.20. The first kappa shape index (κ1) is 13.8. The van der Waals surface area contributed by atoms with E-state index in [2.05, 4.69) is 4.98 Å². The van der Waals surface area contributed by atoms with Gasteiger partial charge in [0.1, 0.15) is 5.82 Å². The molecule has 0 unspecified atom stereocenters. The van der Waals surface area contributed by atoms with Crippen LogP contribution in [0.5, 0.6) is 0 Å². The Balaban J connectivity index is 1.58.